The van der Waals surface area contributed by atoms with Gasteiger partial charge in [0.25, 0.3) is 0 Å². The average Bonchev–Trinajstić information content (AvgIpc) is 2.17. The lowest BCUT2D eigenvalue weighted by Crippen LogP contribution is -2.03. The molecule has 1 N–H and O–H groups in total. The normalized spacial score (nSPS) is 10.0. The highest BCUT2D eigenvalue weighted by atomic mass is 35.5. The second-order valence-corrected chi connectivity index (χ2v) is 5.48. The van der Waals surface area contributed by atoms with E-state index in [0.717, 1.165) is 25.1 Å². The molecule has 0 saturated carbocycles. The molecule has 1 rings (SSSR count). The van der Waals surface area contributed by atoms with Crippen LogP contribution in [0.15, 0.2) is 23.4 Å². The van der Waals surface area contributed by atoms with Crippen molar-refractivity contribution in [2.45, 2.75) is 24.7 Å². The molecule has 0 amide bonds. The van der Waals surface area contributed by atoms with Crippen LogP contribution in [0.5, 0.6) is 0 Å². The van der Waals surface area contributed by atoms with Crippen molar-refractivity contribution in [1.29, 1.82) is 0 Å². The van der Waals surface area contributed by atoms with E-state index in [1.54, 1.807) is 12.3 Å². The maximum Gasteiger partial charge on any atom is 0.177 e. The van der Waals surface area contributed by atoms with Crippen LogP contribution in [0.3, 0.4) is 0 Å². The summed E-state index contributed by atoms with van der Waals surface area (Å²) in [6, 6.07) is 1.61. The molecule has 0 atom stereocenters. The molecule has 0 bridgehead atoms. The summed E-state index contributed by atoms with van der Waals surface area (Å²) in [6.45, 7) is 2.94. The van der Waals surface area contributed by atoms with Gasteiger partial charge in [0.2, 0.25) is 0 Å². The first-order chi connectivity index (χ1) is 7.04. The fourth-order valence-electron chi connectivity index (χ4n) is 1.13. The summed E-state index contributed by atoms with van der Waals surface area (Å²) in [5.74, 6) is 0. The van der Waals surface area contributed by atoms with Gasteiger partial charge in [0.15, 0.2) is 9.84 Å². The number of hydrogen-bond donors (Lipinski definition) is 1. The van der Waals surface area contributed by atoms with E-state index in [9.17, 15) is 8.42 Å². The molecule has 100 valence electrons. The number of halogens is 2. The Morgan fingerprint density at radius 3 is 2.47 bits per heavy atom. The molecule has 17 heavy (non-hydrogen) atoms. The number of rotatable bonds is 5. The van der Waals surface area contributed by atoms with Crippen LogP contribution in [0.25, 0.3) is 0 Å². The van der Waals surface area contributed by atoms with Crippen LogP contribution in [0.4, 0.5) is 5.69 Å². The van der Waals surface area contributed by atoms with Gasteiger partial charge >= 0.3 is 0 Å². The van der Waals surface area contributed by atoms with Crippen LogP contribution in [0, 0.1) is 0 Å². The fourth-order valence-corrected chi connectivity index (χ4v) is 1.72. The van der Waals surface area contributed by atoms with Crippen LogP contribution in [-0.4, -0.2) is 26.2 Å². The monoisotopic (exact) mass is 300 g/mol. The van der Waals surface area contributed by atoms with Crippen molar-refractivity contribution in [1.82, 2.24) is 4.98 Å². The minimum absolute atomic E-state index is 0. The van der Waals surface area contributed by atoms with E-state index in [2.05, 4.69) is 17.2 Å². The van der Waals surface area contributed by atoms with E-state index in [4.69, 9.17) is 0 Å². The standard InChI is InChI=1S/C10H16N2O2S.2ClH/c1-3-4-5-12-9-6-10(8-11-7-9)15(2,13)14;;/h6-8,12H,3-5H2,1-2H3;2*1H. The molecular weight excluding hydrogens is 283 g/mol. The van der Waals surface area contributed by atoms with Crippen LogP contribution < -0.4 is 5.32 Å². The number of pyridine rings is 1. The third-order valence-electron chi connectivity index (χ3n) is 2.00. The molecule has 1 aromatic heterocycles. The molecule has 0 aliphatic heterocycles. The maximum atomic E-state index is 11.2. The second-order valence-electron chi connectivity index (χ2n) is 3.46. The first-order valence-electron chi connectivity index (χ1n) is 4.93. The topological polar surface area (TPSA) is 59.1 Å². The Hall–Kier alpha value is -0.520. The number of sulfone groups is 1. The molecule has 0 aromatic carbocycles. The molecule has 7 heteroatoms. The molecule has 1 aromatic rings. The zero-order valence-corrected chi connectivity index (χ0v) is 12.3. The van der Waals surface area contributed by atoms with Crippen molar-refractivity contribution in [2.24, 2.45) is 0 Å². The third kappa shape index (κ3) is 6.71. The molecule has 1 heterocycles. The van der Waals surface area contributed by atoms with Crippen LogP contribution in [0.1, 0.15) is 19.8 Å². The van der Waals surface area contributed by atoms with Gasteiger partial charge in [-0.3, -0.25) is 4.98 Å². The van der Waals surface area contributed by atoms with Crippen LogP contribution >= 0.6 is 24.8 Å². The van der Waals surface area contributed by atoms with Crippen LogP contribution in [-0.2, 0) is 9.84 Å². The summed E-state index contributed by atoms with van der Waals surface area (Å²) < 4.78 is 22.5. The van der Waals surface area contributed by atoms with Gasteiger partial charge in [-0.2, -0.15) is 0 Å². The maximum absolute atomic E-state index is 11.2. The smallest absolute Gasteiger partial charge is 0.177 e. The van der Waals surface area contributed by atoms with Gasteiger partial charge in [-0.1, -0.05) is 13.3 Å². The predicted octanol–water partition coefficient (Wildman–Crippen LogP) is 2.54. The number of hydrogen-bond acceptors (Lipinski definition) is 4. The van der Waals surface area contributed by atoms with E-state index in [0.29, 0.717) is 0 Å². The zero-order chi connectivity index (χ0) is 11.3. The van der Waals surface area contributed by atoms with E-state index in [1.165, 1.54) is 12.5 Å². The lowest BCUT2D eigenvalue weighted by Gasteiger charge is -2.05. The molecule has 0 aliphatic carbocycles. The van der Waals surface area contributed by atoms with Gasteiger partial charge in [0.1, 0.15) is 0 Å². The van der Waals surface area contributed by atoms with Gasteiger partial charge in [-0.25, -0.2) is 8.42 Å². The van der Waals surface area contributed by atoms with Crippen molar-refractivity contribution in [2.75, 3.05) is 18.1 Å². The third-order valence-corrected chi connectivity index (χ3v) is 3.08. The second kappa shape index (κ2) is 8.55. The zero-order valence-electron chi connectivity index (χ0n) is 9.84. The Kier molecular flexibility index (Phi) is 9.48. The summed E-state index contributed by atoms with van der Waals surface area (Å²) in [5, 5.41) is 3.13. The molecule has 0 fully saturated rings. The number of aromatic nitrogens is 1. The van der Waals surface area contributed by atoms with Crippen LogP contribution in [0.2, 0.25) is 0 Å². The number of nitrogens with one attached hydrogen (secondary N) is 1. The van der Waals surface area contributed by atoms with E-state index in [1.807, 2.05) is 0 Å². The van der Waals surface area contributed by atoms with Crippen molar-refractivity contribution < 1.29 is 8.42 Å². The highest BCUT2D eigenvalue weighted by Crippen LogP contribution is 2.13. The van der Waals surface area contributed by atoms with Gasteiger partial charge < -0.3 is 5.32 Å². The first kappa shape index (κ1) is 18.8. The van der Waals surface area contributed by atoms with Crippen molar-refractivity contribution in [3.8, 4) is 0 Å². The highest BCUT2D eigenvalue weighted by Gasteiger charge is 2.07. The van der Waals surface area contributed by atoms with Gasteiger partial charge in [0, 0.05) is 19.0 Å². The Bertz CT molecular complexity index is 424. The number of anilines is 1. The molecule has 0 spiro atoms. The van der Waals surface area contributed by atoms with Crippen molar-refractivity contribution >= 4 is 40.3 Å². The minimum Gasteiger partial charge on any atom is -0.384 e. The fraction of sp³-hybridized carbons (Fsp3) is 0.500. The van der Waals surface area contributed by atoms with Gasteiger partial charge in [-0.05, 0) is 12.5 Å². The van der Waals surface area contributed by atoms with Crippen molar-refractivity contribution in [3.63, 3.8) is 0 Å². The number of nitrogens with zero attached hydrogens (tertiary/aromatic N) is 1. The number of unbranched alkanes of at least 4 members (excludes halogenated alkanes) is 1. The van der Waals surface area contributed by atoms with E-state index >= 15 is 0 Å². The Morgan fingerprint density at radius 1 is 1.29 bits per heavy atom. The molecule has 4 nitrogen and oxygen atoms in total. The first-order valence-corrected chi connectivity index (χ1v) is 6.82. The summed E-state index contributed by atoms with van der Waals surface area (Å²) in [4.78, 5) is 4.14. The minimum atomic E-state index is -3.16. The summed E-state index contributed by atoms with van der Waals surface area (Å²) in [6.07, 6.45) is 6.33. The molecule has 0 radical (unpaired) electrons. The van der Waals surface area contributed by atoms with E-state index < -0.39 is 9.84 Å². The SMILES string of the molecule is CCCCNc1cncc(S(C)(=O)=O)c1.Cl.Cl. The lowest BCUT2D eigenvalue weighted by atomic mass is 10.3. The molecule has 0 saturated heterocycles. The Balaban J connectivity index is 0. The highest BCUT2D eigenvalue weighted by molar-refractivity contribution is 7.90. The van der Waals surface area contributed by atoms with Gasteiger partial charge in [-0.15, -0.1) is 24.8 Å². The Labute approximate surface area is 115 Å². The summed E-state index contributed by atoms with van der Waals surface area (Å²) in [7, 11) is -3.16. The lowest BCUT2D eigenvalue weighted by molar-refractivity contribution is 0.601. The summed E-state index contributed by atoms with van der Waals surface area (Å²) >= 11 is 0. The van der Waals surface area contributed by atoms with Gasteiger partial charge in [0.05, 0.1) is 16.8 Å². The molecule has 0 aliphatic rings. The molecular formula is C10H18Cl2N2O2S. The molecule has 0 unspecified atom stereocenters. The largest absolute Gasteiger partial charge is 0.384 e. The quantitative estimate of drug-likeness (QED) is 0.849. The Morgan fingerprint density at radius 2 is 1.94 bits per heavy atom. The summed E-state index contributed by atoms with van der Waals surface area (Å²) in [5.41, 5.74) is 0.756. The van der Waals surface area contributed by atoms with E-state index in [-0.39, 0.29) is 29.7 Å². The predicted molar refractivity (Wildman–Crippen MR) is 75.2 cm³/mol. The van der Waals surface area contributed by atoms with Crippen molar-refractivity contribution in [3.05, 3.63) is 18.5 Å². The average molecular weight is 301 g/mol.